The van der Waals surface area contributed by atoms with Crippen molar-refractivity contribution in [3.05, 3.63) is 23.8 Å². The van der Waals surface area contributed by atoms with Crippen molar-refractivity contribution in [2.45, 2.75) is 5.92 Å². The van der Waals surface area contributed by atoms with Crippen LogP contribution in [0.15, 0.2) is 18.2 Å². The van der Waals surface area contributed by atoms with E-state index in [1.165, 1.54) is 0 Å². The lowest BCUT2D eigenvalue weighted by Crippen LogP contribution is -2.36. The Morgan fingerprint density at radius 2 is 2.12 bits per heavy atom. The molecule has 1 aliphatic rings. The summed E-state index contributed by atoms with van der Waals surface area (Å²) in [5.41, 5.74) is 7.01. The van der Waals surface area contributed by atoms with Crippen molar-refractivity contribution in [3.8, 4) is 11.5 Å². The number of benzene rings is 1. The monoisotopic (exact) mass is 237 g/mol. The van der Waals surface area contributed by atoms with Crippen LogP contribution in [0.2, 0.25) is 0 Å². The van der Waals surface area contributed by atoms with E-state index in [1.807, 2.05) is 18.2 Å². The van der Waals surface area contributed by atoms with Crippen LogP contribution in [0.25, 0.3) is 0 Å². The van der Waals surface area contributed by atoms with Gasteiger partial charge in [0.2, 0.25) is 0 Å². The lowest BCUT2D eigenvalue weighted by molar-refractivity contribution is -0.0439. The van der Waals surface area contributed by atoms with Gasteiger partial charge in [0.1, 0.15) is 11.5 Å². The number of nitrogens with two attached hydrogens (primary N) is 1. The van der Waals surface area contributed by atoms with E-state index in [2.05, 4.69) is 0 Å². The topological polar surface area (TPSA) is 53.7 Å². The van der Waals surface area contributed by atoms with Crippen molar-refractivity contribution in [2.24, 2.45) is 11.7 Å². The van der Waals surface area contributed by atoms with Gasteiger partial charge in [-0.1, -0.05) is 6.07 Å². The summed E-state index contributed by atoms with van der Waals surface area (Å²) >= 11 is 0. The van der Waals surface area contributed by atoms with Gasteiger partial charge in [-0.3, -0.25) is 0 Å². The fraction of sp³-hybridized carbons (Fsp3) is 0.538. The average Bonchev–Trinajstić information content (AvgIpc) is 2.32. The van der Waals surface area contributed by atoms with Crippen molar-refractivity contribution in [3.63, 3.8) is 0 Å². The molecule has 1 heterocycles. The molecule has 0 bridgehead atoms. The normalized spacial score (nSPS) is 17.4. The van der Waals surface area contributed by atoms with Gasteiger partial charge in [-0.2, -0.15) is 0 Å². The van der Waals surface area contributed by atoms with Crippen LogP contribution >= 0.6 is 0 Å². The predicted molar refractivity (Wildman–Crippen MR) is 65.7 cm³/mol. The molecule has 0 spiro atoms. The average molecular weight is 237 g/mol. The molecule has 0 amide bonds. The number of hydrogen-bond donors (Lipinski definition) is 1. The van der Waals surface area contributed by atoms with Gasteiger partial charge >= 0.3 is 0 Å². The predicted octanol–water partition coefficient (Wildman–Crippen LogP) is 1.39. The molecule has 1 saturated heterocycles. The summed E-state index contributed by atoms with van der Waals surface area (Å²) in [6, 6.07) is 5.88. The summed E-state index contributed by atoms with van der Waals surface area (Å²) < 4.78 is 15.8. The van der Waals surface area contributed by atoms with Crippen molar-refractivity contribution < 1.29 is 14.2 Å². The van der Waals surface area contributed by atoms with Crippen molar-refractivity contribution >= 4 is 0 Å². The zero-order valence-corrected chi connectivity index (χ0v) is 10.3. The molecule has 1 aromatic carbocycles. The first kappa shape index (κ1) is 12.2. The minimum atomic E-state index is 0.296. The third-order valence-corrected chi connectivity index (χ3v) is 3.33. The van der Waals surface area contributed by atoms with E-state index < -0.39 is 0 Å². The van der Waals surface area contributed by atoms with Gasteiger partial charge in [0.05, 0.1) is 27.4 Å². The molecule has 4 nitrogen and oxygen atoms in total. The number of methoxy groups -OCH3 is 2. The highest BCUT2D eigenvalue weighted by Gasteiger charge is 2.30. The molecule has 1 fully saturated rings. The maximum Gasteiger partial charge on any atom is 0.126 e. The van der Waals surface area contributed by atoms with Gasteiger partial charge in [-0.05, 0) is 18.2 Å². The highest BCUT2D eigenvalue weighted by atomic mass is 16.5. The fourth-order valence-electron chi connectivity index (χ4n) is 2.18. The highest BCUT2D eigenvalue weighted by Crippen LogP contribution is 2.36. The largest absolute Gasteiger partial charge is 0.497 e. The first-order valence-electron chi connectivity index (χ1n) is 5.80. The molecule has 0 aromatic heterocycles. The molecule has 1 aliphatic heterocycles. The summed E-state index contributed by atoms with van der Waals surface area (Å²) in [5, 5.41) is 0. The van der Waals surface area contributed by atoms with Gasteiger partial charge in [0.25, 0.3) is 0 Å². The highest BCUT2D eigenvalue weighted by molar-refractivity contribution is 5.43. The first-order chi connectivity index (χ1) is 8.30. The molecule has 2 rings (SSSR count). The zero-order chi connectivity index (χ0) is 12.3. The van der Waals surface area contributed by atoms with Gasteiger partial charge in [-0.15, -0.1) is 0 Å². The molecule has 4 heteroatoms. The SMILES string of the molecule is COc1ccc(C(CN)C2COC2)c(OC)c1. The van der Waals surface area contributed by atoms with Crippen LogP contribution < -0.4 is 15.2 Å². The van der Waals surface area contributed by atoms with Crippen LogP contribution in [0, 0.1) is 5.92 Å². The van der Waals surface area contributed by atoms with Crippen LogP contribution in [0.5, 0.6) is 11.5 Å². The summed E-state index contributed by atoms with van der Waals surface area (Å²) in [4.78, 5) is 0. The van der Waals surface area contributed by atoms with Crippen LogP contribution in [0.4, 0.5) is 0 Å². The Labute approximate surface area is 102 Å². The Morgan fingerprint density at radius 1 is 1.35 bits per heavy atom. The number of hydrogen-bond acceptors (Lipinski definition) is 4. The van der Waals surface area contributed by atoms with E-state index in [4.69, 9.17) is 19.9 Å². The summed E-state index contributed by atoms with van der Waals surface area (Å²) in [6.45, 7) is 2.19. The second kappa shape index (κ2) is 5.38. The summed E-state index contributed by atoms with van der Waals surface area (Å²) in [7, 11) is 3.32. The summed E-state index contributed by atoms with van der Waals surface area (Å²) in [6.07, 6.45) is 0. The minimum absolute atomic E-state index is 0.296. The third-order valence-electron chi connectivity index (χ3n) is 3.33. The third kappa shape index (κ3) is 2.37. The van der Waals surface area contributed by atoms with Gasteiger partial charge in [0.15, 0.2) is 0 Å². The van der Waals surface area contributed by atoms with Gasteiger partial charge in [-0.25, -0.2) is 0 Å². The van der Waals surface area contributed by atoms with Crippen LogP contribution in [0.1, 0.15) is 11.5 Å². The minimum Gasteiger partial charge on any atom is -0.497 e. The maximum atomic E-state index is 5.87. The van der Waals surface area contributed by atoms with E-state index in [0.29, 0.717) is 18.4 Å². The Hall–Kier alpha value is -1.26. The lowest BCUT2D eigenvalue weighted by atomic mass is 9.84. The Balaban J connectivity index is 2.28. The maximum absolute atomic E-state index is 5.87. The van der Waals surface area contributed by atoms with E-state index >= 15 is 0 Å². The van der Waals surface area contributed by atoms with E-state index in [-0.39, 0.29) is 0 Å². The molecule has 2 N–H and O–H groups in total. The zero-order valence-electron chi connectivity index (χ0n) is 10.3. The molecule has 17 heavy (non-hydrogen) atoms. The molecule has 1 aromatic rings. The van der Waals surface area contributed by atoms with Crippen LogP contribution in [-0.4, -0.2) is 34.0 Å². The quantitative estimate of drug-likeness (QED) is 0.841. The fourth-order valence-corrected chi connectivity index (χ4v) is 2.18. The molecule has 1 atom stereocenters. The lowest BCUT2D eigenvalue weighted by Gasteiger charge is -2.34. The number of rotatable bonds is 5. The second-order valence-electron chi connectivity index (χ2n) is 4.25. The van der Waals surface area contributed by atoms with Crippen molar-refractivity contribution in [1.82, 2.24) is 0 Å². The molecule has 0 aliphatic carbocycles. The molecule has 94 valence electrons. The molecular formula is C13H19NO3. The smallest absolute Gasteiger partial charge is 0.126 e. The van der Waals surface area contributed by atoms with E-state index in [1.54, 1.807) is 14.2 Å². The Morgan fingerprint density at radius 3 is 2.59 bits per heavy atom. The molecular weight excluding hydrogens is 218 g/mol. The van der Waals surface area contributed by atoms with Crippen molar-refractivity contribution in [1.29, 1.82) is 0 Å². The molecule has 1 unspecified atom stereocenters. The standard InChI is InChI=1S/C13H19NO3/c1-15-10-3-4-11(13(5-10)16-2)12(6-14)9-7-17-8-9/h3-5,9,12H,6-8,14H2,1-2H3. The van der Waals surface area contributed by atoms with E-state index in [9.17, 15) is 0 Å². The Bertz CT molecular complexity index is 377. The molecule has 0 radical (unpaired) electrons. The van der Waals surface area contributed by atoms with E-state index in [0.717, 1.165) is 30.3 Å². The van der Waals surface area contributed by atoms with Crippen LogP contribution in [-0.2, 0) is 4.74 Å². The van der Waals surface area contributed by atoms with Crippen LogP contribution in [0.3, 0.4) is 0 Å². The summed E-state index contributed by atoms with van der Waals surface area (Å²) in [5.74, 6) is 2.44. The second-order valence-corrected chi connectivity index (χ2v) is 4.25. The number of ether oxygens (including phenoxy) is 3. The Kier molecular flexibility index (Phi) is 3.86. The molecule has 0 saturated carbocycles. The van der Waals surface area contributed by atoms with Crippen molar-refractivity contribution in [2.75, 3.05) is 34.0 Å². The van der Waals surface area contributed by atoms with Gasteiger partial charge < -0.3 is 19.9 Å². The first-order valence-corrected chi connectivity index (χ1v) is 5.80. The van der Waals surface area contributed by atoms with Gasteiger partial charge in [0, 0.05) is 17.9 Å².